The fourth-order valence-electron chi connectivity index (χ4n) is 2.55. The summed E-state index contributed by atoms with van der Waals surface area (Å²) in [7, 11) is 0. The molecule has 136 valence electrons. The number of rotatable bonds is 6. The van der Waals surface area contributed by atoms with E-state index in [4.69, 9.17) is 4.52 Å². The molecule has 0 saturated heterocycles. The molecule has 0 saturated carbocycles. The number of hydrogen-bond donors (Lipinski definition) is 1. The van der Waals surface area contributed by atoms with Crippen molar-refractivity contribution in [2.45, 2.75) is 13.3 Å². The van der Waals surface area contributed by atoms with Gasteiger partial charge >= 0.3 is 0 Å². The van der Waals surface area contributed by atoms with Gasteiger partial charge < -0.3 is 9.84 Å². The first-order valence-corrected chi connectivity index (χ1v) is 9.27. The van der Waals surface area contributed by atoms with E-state index >= 15 is 0 Å². The van der Waals surface area contributed by atoms with Gasteiger partial charge in [0.1, 0.15) is 11.6 Å². The van der Waals surface area contributed by atoms with E-state index in [2.05, 4.69) is 44.0 Å². The summed E-state index contributed by atoms with van der Waals surface area (Å²) in [5, 5.41) is 17.6. The van der Waals surface area contributed by atoms with Crippen molar-refractivity contribution in [1.29, 1.82) is 0 Å². The molecule has 27 heavy (non-hydrogen) atoms. The van der Waals surface area contributed by atoms with Gasteiger partial charge in [0.2, 0.25) is 5.82 Å². The van der Waals surface area contributed by atoms with Crippen molar-refractivity contribution >= 4 is 17.2 Å². The van der Waals surface area contributed by atoms with E-state index in [1.807, 2.05) is 6.07 Å². The average Bonchev–Trinajstić information content (AvgIpc) is 3.33. The van der Waals surface area contributed by atoms with E-state index in [-0.39, 0.29) is 11.7 Å². The summed E-state index contributed by atoms with van der Waals surface area (Å²) < 4.78 is 18.3. The van der Waals surface area contributed by atoms with E-state index in [1.54, 1.807) is 29.5 Å². The number of nitrogens with zero attached hydrogens (tertiary/aromatic N) is 4. The molecular formula is C19H16FN5OS. The minimum absolute atomic E-state index is 0.266. The van der Waals surface area contributed by atoms with Crippen LogP contribution in [-0.2, 0) is 6.42 Å². The van der Waals surface area contributed by atoms with Gasteiger partial charge in [-0.25, -0.2) is 4.39 Å². The topological polar surface area (TPSA) is 76.7 Å². The normalized spacial score (nSPS) is 10.9. The molecule has 0 amide bonds. The highest BCUT2D eigenvalue weighted by atomic mass is 32.1. The minimum Gasteiger partial charge on any atom is -0.368 e. The Labute approximate surface area is 159 Å². The summed E-state index contributed by atoms with van der Waals surface area (Å²) in [6.45, 7) is 2.90. The van der Waals surface area contributed by atoms with Gasteiger partial charge in [-0.2, -0.15) is 4.98 Å². The molecule has 0 radical (unpaired) electrons. The van der Waals surface area contributed by atoms with Crippen LogP contribution in [-0.4, -0.2) is 26.9 Å². The molecule has 1 N–H and O–H groups in total. The van der Waals surface area contributed by atoms with E-state index in [0.29, 0.717) is 22.9 Å². The van der Waals surface area contributed by atoms with Crippen molar-refractivity contribution in [2.75, 3.05) is 11.9 Å². The predicted octanol–water partition coefficient (Wildman–Crippen LogP) is 4.36. The number of benzene rings is 1. The van der Waals surface area contributed by atoms with Crippen LogP contribution < -0.4 is 5.32 Å². The summed E-state index contributed by atoms with van der Waals surface area (Å²) in [6, 6.07) is 11.6. The highest BCUT2D eigenvalue weighted by molar-refractivity contribution is 7.10. The summed E-state index contributed by atoms with van der Waals surface area (Å²) in [5.41, 5.74) is 2.47. The second kappa shape index (κ2) is 7.63. The molecule has 0 aliphatic rings. The summed E-state index contributed by atoms with van der Waals surface area (Å²) >= 11 is 1.76. The molecule has 8 heteroatoms. The number of thiophene rings is 1. The van der Waals surface area contributed by atoms with Crippen LogP contribution in [0.2, 0.25) is 0 Å². The monoisotopic (exact) mass is 381 g/mol. The Kier molecular flexibility index (Phi) is 4.88. The van der Waals surface area contributed by atoms with Crippen molar-refractivity contribution in [1.82, 2.24) is 20.3 Å². The minimum atomic E-state index is -0.314. The zero-order valence-corrected chi connectivity index (χ0v) is 15.3. The van der Waals surface area contributed by atoms with Crippen molar-refractivity contribution in [3.63, 3.8) is 0 Å². The number of aryl methyl sites for hydroxylation is 1. The van der Waals surface area contributed by atoms with Crippen molar-refractivity contribution in [3.05, 3.63) is 64.1 Å². The van der Waals surface area contributed by atoms with Crippen molar-refractivity contribution in [3.8, 4) is 23.0 Å². The molecular weight excluding hydrogens is 365 g/mol. The quantitative estimate of drug-likeness (QED) is 0.535. The molecule has 0 bridgehead atoms. The first kappa shape index (κ1) is 17.3. The first-order valence-electron chi connectivity index (χ1n) is 8.39. The molecule has 0 aliphatic heterocycles. The van der Waals surface area contributed by atoms with Gasteiger partial charge in [0.05, 0.1) is 0 Å². The molecule has 0 fully saturated rings. The SMILES string of the molecule is Cc1ccsc1CCNc1ccc(-c2nc(-c3ccc(F)cc3)no2)nn1. The third-order valence-electron chi connectivity index (χ3n) is 4.04. The van der Waals surface area contributed by atoms with E-state index in [9.17, 15) is 4.39 Å². The zero-order chi connectivity index (χ0) is 18.6. The van der Waals surface area contributed by atoms with E-state index in [0.717, 1.165) is 13.0 Å². The molecule has 0 unspecified atom stereocenters. The molecule has 0 atom stereocenters. The van der Waals surface area contributed by atoms with E-state index < -0.39 is 0 Å². The molecule has 0 spiro atoms. The maximum absolute atomic E-state index is 13.0. The standard InChI is InChI=1S/C19H16FN5OS/c1-12-9-11-27-16(12)8-10-21-17-7-6-15(23-24-17)19-22-18(25-26-19)13-2-4-14(20)5-3-13/h2-7,9,11H,8,10H2,1H3,(H,21,24). The van der Waals surface area contributed by atoms with Gasteiger partial charge in [-0.3, -0.25) is 0 Å². The van der Waals surface area contributed by atoms with Gasteiger partial charge in [-0.15, -0.1) is 21.5 Å². The smallest absolute Gasteiger partial charge is 0.278 e. The van der Waals surface area contributed by atoms with Crippen LogP contribution in [0, 0.1) is 12.7 Å². The van der Waals surface area contributed by atoms with Crippen LogP contribution in [0.1, 0.15) is 10.4 Å². The lowest BCUT2D eigenvalue weighted by Gasteiger charge is -2.04. The fraction of sp³-hybridized carbons (Fsp3) is 0.158. The van der Waals surface area contributed by atoms with Gasteiger partial charge in [0.25, 0.3) is 5.89 Å². The fourth-order valence-corrected chi connectivity index (χ4v) is 3.46. The molecule has 4 rings (SSSR count). The highest BCUT2D eigenvalue weighted by Gasteiger charge is 2.12. The predicted molar refractivity (Wildman–Crippen MR) is 102 cm³/mol. The highest BCUT2D eigenvalue weighted by Crippen LogP contribution is 2.21. The summed E-state index contributed by atoms with van der Waals surface area (Å²) in [6.07, 6.45) is 0.942. The maximum atomic E-state index is 13.0. The molecule has 1 aromatic carbocycles. The Morgan fingerprint density at radius 3 is 2.63 bits per heavy atom. The number of aromatic nitrogens is 4. The molecule has 3 aromatic heterocycles. The largest absolute Gasteiger partial charge is 0.368 e. The van der Waals surface area contributed by atoms with E-state index in [1.165, 1.54) is 22.6 Å². The number of halogens is 1. The maximum Gasteiger partial charge on any atom is 0.278 e. The Balaban J connectivity index is 1.40. The first-order chi connectivity index (χ1) is 13.2. The van der Waals surface area contributed by atoms with Crippen LogP contribution in [0.3, 0.4) is 0 Å². The molecule has 6 nitrogen and oxygen atoms in total. The molecule has 3 heterocycles. The summed E-state index contributed by atoms with van der Waals surface area (Å²) in [5.74, 6) is 1.01. The number of anilines is 1. The number of nitrogens with one attached hydrogen (secondary N) is 1. The second-order valence-corrected chi connectivity index (χ2v) is 6.94. The lowest BCUT2D eigenvalue weighted by molar-refractivity contribution is 0.430. The Morgan fingerprint density at radius 1 is 1.07 bits per heavy atom. The molecule has 4 aromatic rings. The lowest BCUT2D eigenvalue weighted by Crippen LogP contribution is -2.06. The molecule has 0 aliphatic carbocycles. The third-order valence-corrected chi connectivity index (χ3v) is 5.12. The van der Waals surface area contributed by atoms with Crippen LogP contribution in [0.15, 0.2) is 52.4 Å². The Bertz CT molecular complexity index is 1030. The number of hydrogen-bond acceptors (Lipinski definition) is 7. The van der Waals surface area contributed by atoms with Crippen LogP contribution >= 0.6 is 11.3 Å². The second-order valence-electron chi connectivity index (χ2n) is 5.94. The van der Waals surface area contributed by atoms with Gasteiger partial charge in [-0.1, -0.05) is 5.16 Å². The average molecular weight is 381 g/mol. The zero-order valence-electron chi connectivity index (χ0n) is 14.5. The Morgan fingerprint density at radius 2 is 1.93 bits per heavy atom. The van der Waals surface area contributed by atoms with Gasteiger partial charge in [0.15, 0.2) is 5.69 Å². The van der Waals surface area contributed by atoms with Crippen molar-refractivity contribution < 1.29 is 8.91 Å². The van der Waals surface area contributed by atoms with Gasteiger partial charge in [-0.05, 0) is 66.8 Å². The van der Waals surface area contributed by atoms with Crippen LogP contribution in [0.25, 0.3) is 23.0 Å². The third kappa shape index (κ3) is 4.01. The lowest BCUT2D eigenvalue weighted by atomic mass is 10.2. The Hall–Kier alpha value is -3.13. The van der Waals surface area contributed by atoms with Crippen LogP contribution in [0.5, 0.6) is 0 Å². The summed E-state index contributed by atoms with van der Waals surface area (Å²) in [4.78, 5) is 5.66. The van der Waals surface area contributed by atoms with Crippen molar-refractivity contribution in [2.24, 2.45) is 0 Å². The van der Waals surface area contributed by atoms with Gasteiger partial charge in [0, 0.05) is 17.0 Å². The van der Waals surface area contributed by atoms with Crippen LogP contribution in [0.4, 0.5) is 10.2 Å².